The number of sulfone groups is 1. The maximum absolute atomic E-state index is 11.3. The van der Waals surface area contributed by atoms with Crippen molar-refractivity contribution in [2.75, 3.05) is 11.6 Å². The summed E-state index contributed by atoms with van der Waals surface area (Å²) in [5, 5.41) is 5.44. The molecule has 1 aromatic carbocycles. The fraction of sp³-hybridized carbons (Fsp3) is 0.188. The molecule has 0 radical (unpaired) electrons. The lowest BCUT2D eigenvalue weighted by atomic mass is 10.1. The first-order valence-corrected chi connectivity index (χ1v) is 9.77. The summed E-state index contributed by atoms with van der Waals surface area (Å²) in [6.45, 7) is 0.691. The van der Waals surface area contributed by atoms with Gasteiger partial charge in [0.1, 0.15) is 0 Å². The molecule has 6 heteroatoms. The van der Waals surface area contributed by atoms with E-state index in [0.29, 0.717) is 6.54 Å². The zero-order valence-electron chi connectivity index (χ0n) is 12.1. The van der Waals surface area contributed by atoms with Crippen LogP contribution in [0.1, 0.15) is 11.1 Å². The standard InChI is InChI=1S/C16H16N2O2S2/c1-22(19,20)11-13-4-2-12(3-5-13)10-18-14-6-8-17-15-7-9-21-16(14)15/h2-9H,10-11H2,1H3,(H,17,18). The summed E-state index contributed by atoms with van der Waals surface area (Å²) in [7, 11) is -2.98. The molecule has 0 fully saturated rings. The third-order valence-corrected chi connectivity index (χ3v) is 5.07. The highest BCUT2D eigenvalue weighted by Gasteiger charge is 2.05. The number of hydrogen-bond acceptors (Lipinski definition) is 5. The second-order valence-corrected chi connectivity index (χ2v) is 8.29. The predicted molar refractivity (Wildman–Crippen MR) is 91.9 cm³/mol. The van der Waals surface area contributed by atoms with Crippen molar-refractivity contribution < 1.29 is 8.42 Å². The molecule has 0 saturated carbocycles. The van der Waals surface area contributed by atoms with Gasteiger partial charge in [-0.1, -0.05) is 24.3 Å². The third-order valence-electron chi connectivity index (χ3n) is 3.28. The van der Waals surface area contributed by atoms with Gasteiger partial charge in [-0.3, -0.25) is 4.98 Å². The van der Waals surface area contributed by atoms with Crippen LogP contribution in [0.15, 0.2) is 48.0 Å². The van der Waals surface area contributed by atoms with Crippen LogP contribution in [0.3, 0.4) is 0 Å². The molecule has 0 unspecified atom stereocenters. The molecule has 0 bridgehead atoms. The number of rotatable bonds is 5. The first kappa shape index (κ1) is 15.0. The summed E-state index contributed by atoms with van der Waals surface area (Å²) >= 11 is 1.67. The minimum Gasteiger partial charge on any atom is -0.380 e. The molecule has 4 nitrogen and oxygen atoms in total. The lowest BCUT2D eigenvalue weighted by Crippen LogP contribution is -2.02. The van der Waals surface area contributed by atoms with Crippen molar-refractivity contribution >= 4 is 37.1 Å². The maximum atomic E-state index is 11.3. The van der Waals surface area contributed by atoms with E-state index in [1.54, 1.807) is 17.5 Å². The number of anilines is 1. The van der Waals surface area contributed by atoms with Crippen LogP contribution in [0.25, 0.3) is 10.2 Å². The lowest BCUT2D eigenvalue weighted by molar-refractivity contribution is 0.601. The second-order valence-electron chi connectivity index (χ2n) is 5.23. The van der Waals surface area contributed by atoms with Crippen molar-refractivity contribution in [1.29, 1.82) is 0 Å². The third kappa shape index (κ3) is 3.64. The average molecular weight is 332 g/mol. The van der Waals surface area contributed by atoms with E-state index < -0.39 is 9.84 Å². The second kappa shape index (κ2) is 6.06. The Kier molecular flexibility index (Phi) is 4.13. The van der Waals surface area contributed by atoms with Crippen LogP contribution >= 0.6 is 11.3 Å². The van der Waals surface area contributed by atoms with Crippen molar-refractivity contribution in [3.05, 3.63) is 59.1 Å². The van der Waals surface area contributed by atoms with Crippen molar-refractivity contribution in [3.8, 4) is 0 Å². The largest absolute Gasteiger partial charge is 0.380 e. The number of benzene rings is 1. The molecule has 0 aliphatic carbocycles. The van der Waals surface area contributed by atoms with Gasteiger partial charge in [0.2, 0.25) is 0 Å². The summed E-state index contributed by atoms with van der Waals surface area (Å²) in [6.07, 6.45) is 3.05. The summed E-state index contributed by atoms with van der Waals surface area (Å²) in [6, 6.07) is 11.6. The molecule has 2 heterocycles. The van der Waals surface area contributed by atoms with Crippen molar-refractivity contribution in [1.82, 2.24) is 4.98 Å². The highest BCUT2D eigenvalue weighted by atomic mass is 32.2. The average Bonchev–Trinajstić information content (AvgIpc) is 2.94. The number of pyridine rings is 1. The Balaban J connectivity index is 1.70. The van der Waals surface area contributed by atoms with Crippen LogP contribution in [-0.2, 0) is 22.1 Å². The van der Waals surface area contributed by atoms with Crippen LogP contribution in [-0.4, -0.2) is 19.7 Å². The van der Waals surface area contributed by atoms with Crippen LogP contribution < -0.4 is 5.32 Å². The molecule has 0 amide bonds. The fourth-order valence-electron chi connectivity index (χ4n) is 2.27. The number of nitrogens with zero attached hydrogens (tertiary/aromatic N) is 1. The van der Waals surface area contributed by atoms with Gasteiger partial charge in [0.25, 0.3) is 0 Å². The number of hydrogen-bond donors (Lipinski definition) is 1. The minimum absolute atomic E-state index is 0.0842. The monoisotopic (exact) mass is 332 g/mol. The van der Waals surface area contributed by atoms with E-state index >= 15 is 0 Å². The van der Waals surface area contributed by atoms with Gasteiger partial charge in [-0.05, 0) is 28.6 Å². The van der Waals surface area contributed by atoms with Crippen LogP contribution in [0.4, 0.5) is 5.69 Å². The van der Waals surface area contributed by atoms with E-state index in [4.69, 9.17) is 0 Å². The molecule has 2 aromatic heterocycles. The van der Waals surface area contributed by atoms with E-state index in [2.05, 4.69) is 10.3 Å². The first-order chi connectivity index (χ1) is 10.5. The van der Waals surface area contributed by atoms with Gasteiger partial charge in [-0.2, -0.15) is 0 Å². The van der Waals surface area contributed by atoms with Crippen molar-refractivity contribution in [2.24, 2.45) is 0 Å². The Morgan fingerprint density at radius 3 is 2.55 bits per heavy atom. The highest BCUT2D eigenvalue weighted by molar-refractivity contribution is 7.89. The zero-order valence-corrected chi connectivity index (χ0v) is 13.7. The van der Waals surface area contributed by atoms with E-state index in [-0.39, 0.29) is 5.75 Å². The number of thiophene rings is 1. The minimum atomic E-state index is -2.98. The van der Waals surface area contributed by atoms with Gasteiger partial charge in [0.05, 0.1) is 21.7 Å². The topological polar surface area (TPSA) is 59.1 Å². The summed E-state index contributed by atoms with van der Waals surface area (Å²) in [5.41, 5.74) is 3.99. The Labute approximate surface area is 133 Å². The molecule has 1 N–H and O–H groups in total. The van der Waals surface area contributed by atoms with Gasteiger partial charge in [-0.25, -0.2) is 8.42 Å². The van der Waals surface area contributed by atoms with Crippen LogP contribution in [0.2, 0.25) is 0 Å². The smallest absolute Gasteiger partial charge is 0.151 e. The molecular formula is C16H16N2O2S2. The van der Waals surface area contributed by atoms with Crippen LogP contribution in [0.5, 0.6) is 0 Å². The normalized spacial score (nSPS) is 11.7. The van der Waals surface area contributed by atoms with Gasteiger partial charge in [-0.15, -0.1) is 11.3 Å². The molecule has 0 aliphatic heterocycles. The van der Waals surface area contributed by atoms with Gasteiger partial charge in [0.15, 0.2) is 9.84 Å². The van der Waals surface area contributed by atoms with E-state index in [1.165, 1.54) is 6.26 Å². The summed E-state index contributed by atoms with van der Waals surface area (Å²) in [5.74, 6) is 0.0842. The van der Waals surface area contributed by atoms with Crippen LogP contribution in [0, 0.1) is 0 Å². The van der Waals surface area contributed by atoms with Gasteiger partial charge < -0.3 is 5.32 Å². The zero-order chi connectivity index (χ0) is 15.6. The molecule has 22 heavy (non-hydrogen) atoms. The molecule has 0 saturated heterocycles. The molecule has 0 spiro atoms. The molecule has 0 aliphatic rings. The molecule has 114 valence electrons. The Morgan fingerprint density at radius 1 is 1.09 bits per heavy atom. The highest BCUT2D eigenvalue weighted by Crippen LogP contribution is 2.27. The Morgan fingerprint density at radius 2 is 1.82 bits per heavy atom. The molecule has 3 aromatic rings. The van der Waals surface area contributed by atoms with Gasteiger partial charge >= 0.3 is 0 Å². The van der Waals surface area contributed by atoms with Gasteiger partial charge in [0, 0.05) is 19.0 Å². The summed E-state index contributed by atoms with van der Waals surface area (Å²) in [4.78, 5) is 4.32. The molecular weight excluding hydrogens is 316 g/mol. The lowest BCUT2D eigenvalue weighted by Gasteiger charge is -2.08. The van der Waals surface area contributed by atoms with E-state index in [9.17, 15) is 8.42 Å². The number of nitrogens with one attached hydrogen (secondary N) is 1. The van der Waals surface area contributed by atoms with Crippen molar-refractivity contribution in [2.45, 2.75) is 12.3 Å². The fourth-order valence-corrected chi connectivity index (χ4v) is 3.91. The quantitative estimate of drug-likeness (QED) is 0.777. The maximum Gasteiger partial charge on any atom is 0.151 e. The van der Waals surface area contributed by atoms with E-state index in [1.807, 2.05) is 41.8 Å². The Bertz CT molecular complexity index is 884. The molecule has 0 atom stereocenters. The SMILES string of the molecule is CS(=O)(=O)Cc1ccc(CNc2ccnc3ccsc23)cc1. The number of fused-ring (bicyclic) bond motifs is 1. The van der Waals surface area contributed by atoms with Crippen molar-refractivity contribution in [3.63, 3.8) is 0 Å². The number of aromatic nitrogens is 1. The predicted octanol–water partition coefficient (Wildman–Crippen LogP) is 3.45. The molecule has 3 rings (SSSR count). The van der Waals surface area contributed by atoms with E-state index in [0.717, 1.165) is 27.0 Å². The first-order valence-electron chi connectivity index (χ1n) is 6.83. The summed E-state index contributed by atoms with van der Waals surface area (Å²) < 4.78 is 23.7. The Hall–Kier alpha value is -1.92.